The molecule has 0 aromatic carbocycles. The number of carbonyl (C=O) groups is 2. The molecule has 2 unspecified atom stereocenters. The van der Waals surface area contributed by atoms with Crippen molar-refractivity contribution in [1.29, 1.82) is 0 Å². The number of likely N-dealkylation sites (tertiary alicyclic amines) is 1. The second-order valence-electron chi connectivity index (χ2n) is 6.71. The third kappa shape index (κ3) is 3.72. The van der Waals surface area contributed by atoms with Crippen LogP contribution in [0.2, 0.25) is 0 Å². The van der Waals surface area contributed by atoms with Gasteiger partial charge < -0.3 is 15.7 Å². The summed E-state index contributed by atoms with van der Waals surface area (Å²) in [5.74, 6) is -0.173. The lowest BCUT2D eigenvalue weighted by Gasteiger charge is -2.41. The minimum absolute atomic E-state index is 0.124. The van der Waals surface area contributed by atoms with Crippen LogP contribution >= 0.6 is 0 Å². The summed E-state index contributed by atoms with van der Waals surface area (Å²) in [6, 6.07) is 0. The molecule has 1 aliphatic heterocycles. The molecular formula is C15H26N2O3. The predicted molar refractivity (Wildman–Crippen MR) is 76.1 cm³/mol. The molecule has 2 rings (SSSR count). The first-order valence-electron chi connectivity index (χ1n) is 7.68. The van der Waals surface area contributed by atoms with Crippen molar-refractivity contribution in [3.8, 4) is 0 Å². The third-order valence-electron chi connectivity index (χ3n) is 4.96. The van der Waals surface area contributed by atoms with Crippen molar-refractivity contribution >= 4 is 11.9 Å². The van der Waals surface area contributed by atoms with E-state index in [1.807, 2.05) is 11.8 Å². The number of aliphatic carboxylic acids is 1. The third-order valence-corrected chi connectivity index (χ3v) is 4.96. The molecule has 0 aromatic rings. The summed E-state index contributed by atoms with van der Waals surface area (Å²) in [6.07, 6.45) is 5.66. The Morgan fingerprint density at radius 2 is 2.10 bits per heavy atom. The van der Waals surface area contributed by atoms with Gasteiger partial charge in [0.25, 0.3) is 0 Å². The van der Waals surface area contributed by atoms with Gasteiger partial charge >= 0.3 is 5.97 Å². The van der Waals surface area contributed by atoms with Crippen LogP contribution in [0.25, 0.3) is 0 Å². The summed E-state index contributed by atoms with van der Waals surface area (Å²) in [5.41, 5.74) is 5.88. The number of carboxylic acid groups (broad SMARTS) is 1. The number of nitrogens with zero attached hydrogens (tertiary/aromatic N) is 1. The monoisotopic (exact) mass is 282 g/mol. The van der Waals surface area contributed by atoms with Crippen molar-refractivity contribution < 1.29 is 14.7 Å². The SMILES string of the molecule is CC(CC(=O)O)C1CCCN(C(=O)CC2(N)CCC2)C1. The van der Waals surface area contributed by atoms with Crippen molar-refractivity contribution in [3.05, 3.63) is 0 Å². The van der Waals surface area contributed by atoms with E-state index >= 15 is 0 Å². The quantitative estimate of drug-likeness (QED) is 0.802. The van der Waals surface area contributed by atoms with Gasteiger partial charge in [-0.25, -0.2) is 0 Å². The van der Waals surface area contributed by atoms with E-state index in [0.29, 0.717) is 18.9 Å². The lowest BCUT2D eigenvalue weighted by molar-refractivity contribution is -0.138. The van der Waals surface area contributed by atoms with Gasteiger partial charge in [-0.15, -0.1) is 0 Å². The molecule has 0 radical (unpaired) electrons. The predicted octanol–water partition coefficient (Wildman–Crippen LogP) is 1.61. The van der Waals surface area contributed by atoms with E-state index in [1.165, 1.54) is 0 Å². The second-order valence-corrected chi connectivity index (χ2v) is 6.71. The van der Waals surface area contributed by atoms with Gasteiger partial charge in [0.15, 0.2) is 0 Å². The number of rotatable bonds is 5. The molecule has 3 N–H and O–H groups in total. The molecule has 5 nitrogen and oxygen atoms in total. The van der Waals surface area contributed by atoms with Gasteiger partial charge in [-0.3, -0.25) is 9.59 Å². The maximum absolute atomic E-state index is 12.3. The van der Waals surface area contributed by atoms with Gasteiger partial charge in [-0.1, -0.05) is 6.92 Å². The Balaban J connectivity index is 1.86. The normalized spacial score (nSPS) is 26.7. The average molecular weight is 282 g/mol. The van der Waals surface area contributed by atoms with E-state index in [9.17, 15) is 9.59 Å². The Labute approximate surface area is 120 Å². The molecule has 1 saturated carbocycles. The molecule has 2 atom stereocenters. The lowest BCUT2D eigenvalue weighted by Crippen LogP contribution is -2.52. The highest BCUT2D eigenvalue weighted by atomic mass is 16.4. The van der Waals surface area contributed by atoms with Gasteiger partial charge in [0.2, 0.25) is 5.91 Å². The molecule has 0 aromatic heterocycles. The minimum atomic E-state index is -0.753. The Morgan fingerprint density at radius 1 is 1.40 bits per heavy atom. The largest absolute Gasteiger partial charge is 0.481 e. The van der Waals surface area contributed by atoms with E-state index in [1.54, 1.807) is 0 Å². The Kier molecular flexibility index (Phi) is 4.68. The average Bonchev–Trinajstić information content (AvgIpc) is 2.36. The zero-order valence-corrected chi connectivity index (χ0v) is 12.3. The molecule has 1 heterocycles. The Hall–Kier alpha value is -1.10. The molecule has 114 valence electrons. The summed E-state index contributed by atoms with van der Waals surface area (Å²) in [6.45, 7) is 3.47. The van der Waals surface area contributed by atoms with Crippen LogP contribution in [0.4, 0.5) is 0 Å². The van der Waals surface area contributed by atoms with Crippen LogP contribution in [0.1, 0.15) is 51.9 Å². The number of hydrogen-bond donors (Lipinski definition) is 2. The fourth-order valence-electron chi connectivity index (χ4n) is 3.36. The molecule has 0 spiro atoms. The number of carboxylic acids is 1. The molecule has 0 bridgehead atoms. The molecule has 2 aliphatic rings. The van der Waals surface area contributed by atoms with Crippen LogP contribution in [0, 0.1) is 11.8 Å². The number of amides is 1. The summed E-state index contributed by atoms with van der Waals surface area (Å²) in [7, 11) is 0. The molecule has 5 heteroatoms. The number of hydrogen-bond acceptors (Lipinski definition) is 3. The highest BCUT2D eigenvalue weighted by Gasteiger charge is 2.37. The molecule has 2 fully saturated rings. The summed E-state index contributed by atoms with van der Waals surface area (Å²) in [5, 5.41) is 8.88. The smallest absolute Gasteiger partial charge is 0.303 e. The standard InChI is InChI=1S/C15H26N2O3/c1-11(8-14(19)20)12-4-2-7-17(10-12)13(18)9-15(16)5-3-6-15/h11-12H,2-10,16H2,1H3,(H,19,20). The fourth-order valence-corrected chi connectivity index (χ4v) is 3.36. The molecule has 1 saturated heterocycles. The van der Waals surface area contributed by atoms with Gasteiger partial charge in [0.1, 0.15) is 0 Å². The minimum Gasteiger partial charge on any atom is -0.481 e. The highest BCUT2D eigenvalue weighted by molar-refractivity contribution is 5.77. The van der Waals surface area contributed by atoms with Crippen LogP contribution < -0.4 is 5.73 Å². The zero-order valence-electron chi connectivity index (χ0n) is 12.3. The van der Waals surface area contributed by atoms with Crippen LogP contribution in [0.3, 0.4) is 0 Å². The van der Waals surface area contributed by atoms with Gasteiger partial charge in [-0.05, 0) is 43.9 Å². The van der Waals surface area contributed by atoms with Crippen LogP contribution in [-0.4, -0.2) is 40.5 Å². The van der Waals surface area contributed by atoms with Crippen molar-refractivity contribution in [2.45, 2.75) is 57.4 Å². The zero-order chi connectivity index (χ0) is 14.8. The highest BCUT2D eigenvalue weighted by Crippen LogP contribution is 2.33. The topological polar surface area (TPSA) is 83.6 Å². The molecule has 1 aliphatic carbocycles. The number of carbonyl (C=O) groups excluding carboxylic acids is 1. The first-order valence-corrected chi connectivity index (χ1v) is 7.68. The van der Waals surface area contributed by atoms with Crippen molar-refractivity contribution in [2.75, 3.05) is 13.1 Å². The van der Waals surface area contributed by atoms with E-state index in [2.05, 4.69) is 0 Å². The summed E-state index contributed by atoms with van der Waals surface area (Å²) >= 11 is 0. The Morgan fingerprint density at radius 3 is 2.65 bits per heavy atom. The van der Waals surface area contributed by atoms with E-state index in [0.717, 1.165) is 38.6 Å². The summed E-state index contributed by atoms with van der Waals surface area (Å²) < 4.78 is 0. The number of nitrogens with two attached hydrogens (primary N) is 1. The number of piperidine rings is 1. The van der Waals surface area contributed by atoms with Crippen molar-refractivity contribution in [3.63, 3.8) is 0 Å². The fraction of sp³-hybridized carbons (Fsp3) is 0.867. The van der Waals surface area contributed by atoms with E-state index < -0.39 is 5.97 Å². The first kappa shape index (κ1) is 15.3. The first-order chi connectivity index (χ1) is 9.39. The van der Waals surface area contributed by atoms with Crippen LogP contribution in [0.15, 0.2) is 0 Å². The Bertz CT molecular complexity index is 379. The van der Waals surface area contributed by atoms with E-state index in [-0.39, 0.29) is 23.8 Å². The summed E-state index contributed by atoms with van der Waals surface area (Å²) in [4.78, 5) is 25.0. The van der Waals surface area contributed by atoms with Gasteiger partial charge in [-0.2, -0.15) is 0 Å². The van der Waals surface area contributed by atoms with Crippen molar-refractivity contribution in [1.82, 2.24) is 4.90 Å². The van der Waals surface area contributed by atoms with Gasteiger partial charge in [0, 0.05) is 31.5 Å². The van der Waals surface area contributed by atoms with Crippen molar-refractivity contribution in [2.24, 2.45) is 17.6 Å². The van der Waals surface area contributed by atoms with E-state index in [4.69, 9.17) is 10.8 Å². The van der Waals surface area contributed by atoms with Gasteiger partial charge in [0.05, 0.1) is 0 Å². The molecule has 1 amide bonds. The maximum Gasteiger partial charge on any atom is 0.303 e. The van der Waals surface area contributed by atoms with Crippen LogP contribution in [0.5, 0.6) is 0 Å². The maximum atomic E-state index is 12.3. The molecule has 20 heavy (non-hydrogen) atoms. The lowest BCUT2D eigenvalue weighted by atomic mass is 9.75. The van der Waals surface area contributed by atoms with Crippen LogP contribution in [-0.2, 0) is 9.59 Å². The second kappa shape index (κ2) is 6.12. The molecular weight excluding hydrogens is 256 g/mol.